The molecule has 1 rings (SSSR count). The van der Waals surface area contributed by atoms with E-state index in [1.54, 1.807) is 0 Å². The predicted molar refractivity (Wildman–Crippen MR) is 33.5 cm³/mol. The van der Waals surface area contributed by atoms with E-state index in [4.69, 9.17) is 4.74 Å². The molecule has 1 nitrogen and oxygen atoms in total. The molecule has 1 unspecified atom stereocenters. The summed E-state index contributed by atoms with van der Waals surface area (Å²) in [5.41, 5.74) is 0.675. The minimum Gasteiger partial charge on any atom is -0.383 e. The summed E-state index contributed by atoms with van der Waals surface area (Å²) < 4.78 is 5.34. The zero-order valence-electron chi connectivity index (χ0n) is 5.31. The molecular weight excluding hydrogens is 244 g/mol. The van der Waals surface area contributed by atoms with Crippen LogP contribution in [0.2, 0.25) is 0 Å². The normalized spacial score (nSPS) is 29.2. The van der Waals surface area contributed by atoms with Crippen LogP contribution in [0.4, 0.5) is 0 Å². The third kappa shape index (κ3) is 3.55. The van der Waals surface area contributed by atoms with Crippen LogP contribution >= 0.6 is 0 Å². The standard InChI is InChI=1S/C5H12OSi.Ce/c7-5-3-1-2-4-6-5;/h5H,1-4H2,7H3;. The van der Waals surface area contributed by atoms with Gasteiger partial charge in [-0.05, 0) is 19.3 Å². The predicted octanol–water partition coefficient (Wildman–Crippen LogP) is -0.122. The molecule has 0 aromatic rings. The summed E-state index contributed by atoms with van der Waals surface area (Å²) in [6, 6.07) is 0. The second-order valence-electron chi connectivity index (χ2n) is 2.18. The third-order valence-electron chi connectivity index (χ3n) is 1.41. The van der Waals surface area contributed by atoms with Crippen LogP contribution in [-0.2, 0) is 4.74 Å². The molecule has 8 heavy (non-hydrogen) atoms. The Balaban J connectivity index is 0.000000490. The first kappa shape index (κ1) is 9.55. The van der Waals surface area contributed by atoms with Gasteiger partial charge in [0.25, 0.3) is 0 Å². The maximum absolute atomic E-state index is 5.34. The molecule has 1 heterocycles. The van der Waals surface area contributed by atoms with Crippen molar-refractivity contribution < 1.29 is 46.5 Å². The molecular formula is C5H12CeOSi. The molecule has 0 aromatic carbocycles. The van der Waals surface area contributed by atoms with Crippen LogP contribution in [0.15, 0.2) is 0 Å². The molecule has 1 saturated heterocycles. The molecule has 0 radical (unpaired) electrons. The minimum absolute atomic E-state index is 0. The maximum Gasteiger partial charge on any atom is 0.0465 e. The summed E-state index contributed by atoms with van der Waals surface area (Å²) in [4.78, 5) is 0. The van der Waals surface area contributed by atoms with E-state index < -0.39 is 0 Å². The van der Waals surface area contributed by atoms with E-state index in [0.717, 1.165) is 6.61 Å². The summed E-state index contributed by atoms with van der Waals surface area (Å²) >= 11 is 0. The average Bonchev–Trinajstić information content (AvgIpc) is 1.69. The molecule has 1 aliphatic heterocycles. The molecule has 1 aliphatic rings. The Labute approximate surface area is 87.4 Å². The number of hydrogen-bond donors (Lipinski definition) is 0. The van der Waals surface area contributed by atoms with Crippen molar-refractivity contribution in [3.05, 3.63) is 0 Å². The number of rotatable bonds is 0. The Morgan fingerprint density at radius 1 is 1.38 bits per heavy atom. The Kier molecular flexibility index (Phi) is 6.39. The van der Waals surface area contributed by atoms with Crippen molar-refractivity contribution in [3.8, 4) is 0 Å². The van der Waals surface area contributed by atoms with Crippen LogP contribution < -0.4 is 0 Å². The van der Waals surface area contributed by atoms with E-state index in [0.29, 0.717) is 5.73 Å². The number of hydrogen-bond acceptors (Lipinski definition) is 1. The number of ether oxygens (including phenoxy) is 1. The molecule has 0 aromatic heterocycles. The largest absolute Gasteiger partial charge is 0.383 e. The Morgan fingerprint density at radius 3 is 2.38 bits per heavy atom. The molecule has 0 amide bonds. The Morgan fingerprint density at radius 2 is 2.12 bits per heavy atom. The average molecular weight is 256 g/mol. The van der Waals surface area contributed by atoms with E-state index in [9.17, 15) is 0 Å². The molecule has 3 heteroatoms. The fraction of sp³-hybridized carbons (Fsp3) is 1.00. The SMILES string of the molecule is [Ce].[SiH3]C1CCCCO1. The van der Waals surface area contributed by atoms with E-state index in [2.05, 4.69) is 0 Å². The zero-order valence-corrected chi connectivity index (χ0v) is 10.5. The van der Waals surface area contributed by atoms with Gasteiger partial charge in [-0.3, -0.25) is 0 Å². The fourth-order valence-corrected chi connectivity index (χ4v) is 1.55. The molecule has 46 valence electrons. The molecule has 0 aliphatic carbocycles. The molecule has 0 spiro atoms. The second-order valence-corrected chi connectivity index (χ2v) is 3.47. The summed E-state index contributed by atoms with van der Waals surface area (Å²) in [6.07, 6.45) is 4.01. The summed E-state index contributed by atoms with van der Waals surface area (Å²) in [7, 11) is 1.23. The van der Waals surface area contributed by atoms with Gasteiger partial charge in [-0.2, -0.15) is 0 Å². The van der Waals surface area contributed by atoms with Crippen molar-refractivity contribution >= 4 is 10.2 Å². The first-order chi connectivity index (χ1) is 3.39. The quantitative estimate of drug-likeness (QED) is 0.549. The van der Waals surface area contributed by atoms with Gasteiger partial charge in [0.1, 0.15) is 0 Å². The maximum atomic E-state index is 5.34. The van der Waals surface area contributed by atoms with Gasteiger partial charge >= 0.3 is 0 Å². The first-order valence-electron chi connectivity index (χ1n) is 3.01. The van der Waals surface area contributed by atoms with Gasteiger partial charge in [-0.25, -0.2) is 0 Å². The first-order valence-corrected chi connectivity index (χ1v) is 4.16. The van der Waals surface area contributed by atoms with Gasteiger partial charge in [0, 0.05) is 64.3 Å². The smallest absolute Gasteiger partial charge is 0.0465 e. The van der Waals surface area contributed by atoms with Crippen LogP contribution in [0.3, 0.4) is 0 Å². The van der Waals surface area contributed by atoms with E-state index >= 15 is 0 Å². The van der Waals surface area contributed by atoms with E-state index in [1.165, 1.54) is 29.5 Å². The van der Waals surface area contributed by atoms with Crippen LogP contribution in [-0.4, -0.2) is 22.6 Å². The van der Waals surface area contributed by atoms with Crippen molar-refractivity contribution in [2.45, 2.75) is 25.0 Å². The molecule has 1 fully saturated rings. The van der Waals surface area contributed by atoms with Crippen molar-refractivity contribution in [2.75, 3.05) is 6.61 Å². The topological polar surface area (TPSA) is 9.23 Å². The summed E-state index contributed by atoms with van der Waals surface area (Å²) in [5, 5.41) is 0. The Bertz CT molecular complexity index is 54.4. The molecule has 0 saturated carbocycles. The van der Waals surface area contributed by atoms with Crippen molar-refractivity contribution in [3.63, 3.8) is 0 Å². The fourth-order valence-electron chi connectivity index (χ4n) is 0.902. The van der Waals surface area contributed by atoms with E-state index in [-0.39, 0.29) is 41.7 Å². The van der Waals surface area contributed by atoms with Crippen LogP contribution in [0.1, 0.15) is 19.3 Å². The van der Waals surface area contributed by atoms with Crippen molar-refractivity contribution in [1.29, 1.82) is 0 Å². The van der Waals surface area contributed by atoms with Gasteiger partial charge < -0.3 is 4.74 Å². The molecule has 0 N–H and O–H groups in total. The minimum atomic E-state index is 0. The van der Waals surface area contributed by atoms with Gasteiger partial charge in [-0.15, -0.1) is 0 Å². The van der Waals surface area contributed by atoms with Gasteiger partial charge in [-0.1, -0.05) is 0 Å². The zero-order chi connectivity index (χ0) is 5.11. The van der Waals surface area contributed by atoms with E-state index in [1.807, 2.05) is 0 Å². The van der Waals surface area contributed by atoms with Crippen LogP contribution in [0.5, 0.6) is 0 Å². The molecule has 1 atom stereocenters. The third-order valence-corrected chi connectivity index (χ3v) is 2.32. The second kappa shape index (κ2) is 5.35. The van der Waals surface area contributed by atoms with Gasteiger partial charge in [0.05, 0.1) is 0 Å². The van der Waals surface area contributed by atoms with Gasteiger partial charge in [0.15, 0.2) is 0 Å². The summed E-state index contributed by atoms with van der Waals surface area (Å²) in [5.74, 6) is 0. The van der Waals surface area contributed by atoms with Crippen LogP contribution in [0.25, 0.3) is 0 Å². The summed E-state index contributed by atoms with van der Waals surface area (Å²) in [6.45, 7) is 1.02. The van der Waals surface area contributed by atoms with Crippen molar-refractivity contribution in [2.24, 2.45) is 0 Å². The Hall–Kier alpha value is 1.55. The monoisotopic (exact) mass is 256 g/mol. The van der Waals surface area contributed by atoms with Gasteiger partial charge in [0.2, 0.25) is 0 Å². The molecule has 0 bridgehead atoms. The van der Waals surface area contributed by atoms with Crippen LogP contribution in [0, 0.1) is 41.7 Å². The van der Waals surface area contributed by atoms with Crippen molar-refractivity contribution in [1.82, 2.24) is 0 Å².